The van der Waals surface area contributed by atoms with Crippen molar-refractivity contribution in [3.05, 3.63) is 63.7 Å². The number of para-hydroxylation sites is 2. The van der Waals surface area contributed by atoms with Gasteiger partial charge in [-0.3, -0.25) is 14.9 Å². The van der Waals surface area contributed by atoms with Crippen LogP contribution in [0.3, 0.4) is 0 Å². The first-order valence-electron chi connectivity index (χ1n) is 7.59. The number of amides is 1. The second-order valence-electron chi connectivity index (χ2n) is 5.41. The molecular weight excluding hydrogens is 326 g/mol. The van der Waals surface area contributed by atoms with E-state index in [1.807, 2.05) is 6.07 Å². The third kappa shape index (κ3) is 3.57. The highest BCUT2D eigenvalue weighted by Crippen LogP contribution is 2.29. The molecule has 0 heterocycles. The first kappa shape index (κ1) is 16.4. The minimum atomic E-state index is -0.574. The van der Waals surface area contributed by atoms with E-state index < -0.39 is 17.4 Å². The Morgan fingerprint density at radius 2 is 2.04 bits per heavy atom. The zero-order valence-electron chi connectivity index (χ0n) is 13.1. The summed E-state index contributed by atoms with van der Waals surface area (Å²) in [5, 5.41) is 24.8. The Kier molecular flexibility index (Phi) is 4.60. The predicted molar refractivity (Wildman–Crippen MR) is 89.7 cm³/mol. The first-order chi connectivity index (χ1) is 12.1. The van der Waals surface area contributed by atoms with Crippen molar-refractivity contribution in [3.63, 3.8) is 0 Å². The average Bonchev–Trinajstić information content (AvgIpc) is 3.03. The monoisotopic (exact) mass is 341 g/mol. The Morgan fingerprint density at radius 1 is 1.24 bits per heavy atom. The second kappa shape index (κ2) is 7.00. The number of hydrogen-bond donors (Lipinski definition) is 2. The van der Waals surface area contributed by atoms with Gasteiger partial charge in [-0.05, 0) is 25.0 Å². The van der Waals surface area contributed by atoms with E-state index in [2.05, 4.69) is 10.5 Å². The van der Waals surface area contributed by atoms with Crippen LogP contribution in [-0.4, -0.2) is 28.3 Å². The zero-order chi connectivity index (χ0) is 17.8. The molecule has 0 aromatic heterocycles. The normalized spacial score (nSPS) is 14.2. The maximum absolute atomic E-state index is 11.9. The van der Waals surface area contributed by atoms with Crippen molar-refractivity contribution in [3.8, 4) is 11.5 Å². The van der Waals surface area contributed by atoms with E-state index >= 15 is 0 Å². The maximum atomic E-state index is 11.9. The van der Waals surface area contributed by atoms with Gasteiger partial charge in [0.25, 0.3) is 5.91 Å². The lowest BCUT2D eigenvalue weighted by molar-refractivity contribution is -0.385. The molecule has 25 heavy (non-hydrogen) atoms. The summed E-state index contributed by atoms with van der Waals surface area (Å²) in [5.41, 5.74) is 4.46. The van der Waals surface area contributed by atoms with Crippen molar-refractivity contribution in [2.45, 2.75) is 12.8 Å². The molecule has 8 heteroatoms. The number of nitrogens with zero attached hydrogens (tertiary/aromatic N) is 2. The molecule has 0 saturated carbocycles. The molecule has 0 spiro atoms. The highest BCUT2D eigenvalue weighted by molar-refractivity contribution is 6.05. The molecule has 8 nitrogen and oxygen atoms in total. The molecule has 0 saturated heterocycles. The fourth-order valence-corrected chi connectivity index (χ4v) is 2.64. The van der Waals surface area contributed by atoms with Gasteiger partial charge in [-0.25, -0.2) is 5.43 Å². The lowest BCUT2D eigenvalue weighted by atomic mass is 10.1. The van der Waals surface area contributed by atoms with Crippen molar-refractivity contribution in [1.29, 1.82) is 0 Å². The number of carbonyl (C=O) groups excluding carboxylic acids is 1. The molecule has 0 bridgehead atoms. The number of carbonyl (C=O) groups is 1. The molecule has 3 rings (SSSR count). The molecule has 128 valence electrons. The smallest absolute Gasteiger partial charge is 0.310 e. The molecule has 0 fully saturated rings. The fraction of sp³-hybridized carbons (Fsp3) is 0.176. The number of nitro groups is 1. The molecule has 1 aliphatic rings. The summed E-state index contributed by atoms with van der Waals surface area (Å²) < 4.78 is 5.20. The predicted octanol–water partition coefficient (Wildman–Crippen LogP) is 2.15. The Labute approximate surface area is 142 Å². The van der Waals surface area contributed by atoms with Crippen LogP contribution in [0, 0.1) is 10.1 Å². The summed E-state index contributed by atoms with van der Waals surface area (Å²) in [5.74, 6) is -0.292. The van der Waals surface area contributed by atoms with Crippen molar-refractivity contribution in [1.82, 2.24) is 5.43 Å². The van der Waals surface area contributed by atoms with Gasteiger partial charge in [-0.1, -0.05) is 24.3 Å². The summed E-state index contributed by atoms with van der Waals surface area (Å²) >= 11 is 0. The molecule has 2 N–H and O–H groups in total. The van der Waals surface area contributed by atoms with Crippen LogP contribution in [0.1, 0.15) is 17.5 Å². The van der Waals surface area contributed by atoms with Crippen molar-refractivity contribution >= 4 is 17.3 Å². The van der Waals surface area contributed by atoms with Crippen molar-refractivity contribution < 1.29 is 19.6 Å². The molecule has 1 amide bonds. The number of aromatic hydroxyl groups is 1. The SMILES string of the molecule is O=C(COc1ccccc1[N+](=O)[O-])NN=C1CCc2c(O)cccc21. The van der Waals surface area contributed by atoms with Crippen LogP contribution in [0.4, 0.5) is 5.69 Å². The minimum absolute atomic E-state index is 0.0198. The quantitative estimate of drug-likeness (QED) is 0.639. The zero-order valence-corrected chi connectivity index (χ0v) is 13.1. The largest absolute Gasteiger partial charge is 0.508 e. The van der Waals surface area contributed by atoms with Gasteiger partial charge >= 0.3 is 5.69 Å². The van der Waals surface area contributed by atoms with E-state index in [4.69, 9.17) is 4.74 Å². The van der Waals surface area contributed by atoms with E-state index in [0.29, 0.717) is 18.6 Å². The van der Waals surface area contributed by atoms with E-state index in [0.717, 1.165) is 11.1 Å². The topological polar surface area (TPSA) is 114 Å². The van der Waals surface area contributed by atoms with E-state index in [-0.39, 0.29) is 17.2 Å². The van der Waals surface area contributed by atoms with Crippen LogP contribution in [0.25, 0.3) is 0 Å². The number of nitrogens with one attached hydrogen (secondary N) is 1. The maximum Gasteiger partial charge on any atom is 0.310 e. The molecule has 2 aromatic rings. The Hall–Kier alpha value is -3.42. The van der Waals surface area contributed by atoms with Gasteiger partial charge in [0.2, 0.25) is 0 Å². The number of ether oxygens (including phenoxy) is 1. The standard InChI is InChI=1S/C17H15N3O5/c21-15-6-3-4-11-12(15)8-9-13(11)18-19-17(22)10-25-16-7-2-1-5-14(16)20(23)24/h1-7,21H,8-10H2,(H,19,22). The Bertz CT molecular complexity index is 863. The van der Waals surface area contributed by atoms with Gasteiger partial charge in [0.1, 0.15) is 5.75 Å². The van der Waals surface area contributed by atoms with Crippen LogP contribution in [0.5, 0.6) is 11.5 Å². The minimum Gasteiger partial charge on any atom is -0.508 e. The summed E-state index contributed by atoms with van der Waals surface area (Å²) in [4.78, 5) is 22.2. The van der Waals surface area contributed by atoms with E-state index in [1.54, 1.807) is 18.2 Å². The molecule has 0 radical (unpaired) electrons. The lowest BCUT2D eigenvalue weighted by Gasteiger charge is -2.06. The van der Waals surface area contributed by atoms with Gasteiger partial charge in [0.05, 0.1) is 10.6 Å². The highest BCUT2D eigenvalue weighted by Gasteiger charge is 2.21. The number of hydrogen-bond acceptors (Lipinski definition) is 6. The summed E-state index contributed by atoms with van der Waals surface area (Å²) in [6.45, 7) is -0.394. The third-order valence-corrected chi connectivity index (χ3v) is 3.81. The van der Waals surface area contributed by atoms with Crippen LogP contribution in [0.2, 0.25) is 0 Å². The van der Waals surface area contributed by atoms with Gasteiger partial charge in [0.15, 0.2) is 12.4 Å². The molecule has 0 atom stereocenters. The van der Waals surface area contributed by atoms with Gasteiger partial charge in [-0.15, -0.1) is 0 Å². The van der Waals surface area contributed by atoms with Gasteiger partial charge in [-0.2, -0.15) is 5.10 Å². The third-order valence-electron chi connectivity index (χ3n) is 3.81. The summed E-state index contributed by atoms with van der Waals surface area (Å²) in [6, 6.07) is 11.0. The van der Waals surface area contributed by atoms with Gasteiger partial charge < -0.3 is 9.84 Å². The molecule has 0 aliphatic heterocycles. The second-order valence-corrected chi connectivity index (χ2v) is 5.41. The number of benzene rings is 2. The number of fused-ring (bicyclic) bond motifs is 1. The van der Waals surface area contributed by atoms with Crippen LogP contribution in [-0.2, 0) is 11.2 Å². The van der Waals surface area contributed by atoms with Crippen LogP contribution in [0.15, 0.2) is 47.6 Å². The number of nitro benzene ring substituents is 1. The fourth-order valence-electron chi connectivity index (χ4n) is 2.64. The lowest BCUT2D eigenvalue weighted by Crippen LogP contribution is -2.25. The number of phenolic OH excluding ortho intramolecular Hbond substituents is 1. The Morgan fingerprint density at radius 3 is 2.84 bits per heavy atom. The Balaban J connectivity index is 1.62. The van der Waals surface area contributed by atoms with E-state index in [1.165, 1.54) is 18.2 Å². The molecular formula is C17H15N3O5. The average molecular weight is 341 g/mol. The van der Waals surface area contributed by atoms with Crippen LogP contribution < -0.4 is 10.2 Å². The number of phenols is 1. The van der Waals surface area contributed by atoms with Crippen LogP contribution >= 0.6 is 0 Å². The first-order valence-corrected chi connectivity index (χ1v) is 7.59. The van der Waals surface area contributed by atoms with Crippen molar-refractivity contribution in [2.24, 2.45) is 5.10 Å². The number of rotatable bonds is 5. The van der Waals surface area contributed by atoms with Gasteiger partial charge in [0, 0.05) is 17.2 Å². The molecule has 1 aliphatic carbocycles. The molecule has 2 aromatic carbocycles. The van der Waals surface area contributed by atoms with Crippen molar-refractivity contribution in [2.75, 3.05) is 6.61 Å². The van der Waals surface area contributed by atoms with E-state index in [9.17, 15) is 20.0 Å². The summed E-state index contributed by atoms with van der Waals surface area (Å²) in [6.07, 6.45) is 1.27. The highest BCUT2D eigenvalue weighted by atomic mass is 16.6. The number of hydrazone groups is 1. The molecule has 0 unspecified atom stereocenters. The summed E-state index contributed by atoms with van der Waals surface area (Å²) in [7, 11) is 0.